The standard InChI is InChI=1S/C17H14N6O4/c1-10(24)18-12-4-6-13(7-5-12)19-21-16-15(20-22-17(16)25)11-2-8-14(9-3-11)23(26)27/h2-9H,1H3,(H,18,24)(H2,20,22,25). The highest BCUT2D eigenvalue weighted by molar-refractivity contribution is 5.88. The molecule has 2 aromatic carbocycles. The fraction of sp³-hybridized carbons (Fsp3) is 0.0588. The summed E-state index contributed by atoms with van der Waals surface area (Å²) in [6, 6.07) is 12.3. The van der Waals surface area contributed by atoms with Crippen molar-refractivity contribution in [1.29, 1.82) is 0 Å². The monoisotopic (exact) mass is 366 g/mol. The molecule has 0 radical (unpaired) electrons. The number of azo groups is 1. The van der Waals surface area contributed by atoms with E-state index < -0.39 is 10.5 Å². The number of aromatic nitrogens is 2. The van der Waals surface area contributed by atoms with Crippen molar-refractivity contribution in [2.45, 2.75) is 6.92 Å². The van der Waals surface area contributed by atoms with Crippen LogP contribution in [-0.2, 0) is 4.79 Å². The van der Waals surface area contributed by atoms with E-state index in [4.69, 9.17) is 0 Å². The number of non-ortho nitro benzene ring substituents is 1. The largest absolute Gasteiger partial charge is 0.326 e. The summed E-state index contributed by atoms with van der Waals surface area (Å²) in [5, 5.41) is 26.5. The Balaban J connectivity index is 1.86. The molecule has 3 rings (SSSR count). The van der Waals surface area contributed by atoms with Crippen LogP contribution in [0.15, 0.2) is 63.6 Å². The molecule has 0 aliphatic carbocycles. The van der Waals surface area contributed by atoms with Gasteiger partial charge in [-0.15, -0.1) is 5.11 Å². The van der Waals surface area contributed by atoms with Gasteiger partial charge >= 0.3 is 0 Å². The van der Waals surface area contributed by atoms with Crippen molar-refractivity contribution in [3.05, 3.63) is 69.0 Å². The van der Waals surface area contributed by atoms with Gasteiger partial charge in [0, 0.05) is 30.3 Å². The highest BCUT2D eigenvalue weighted by Gasteiger charge is 2.13. The third-order valence-electron chi connectivity index (χ3n) is 3.57. The van der Waals surface area contributed by atoms with E-state index in [-0.39, 0.29) is 17.3 Å². The molecule has 0 atom stereocenters. The predicted octanol–water partition coefficient (Wildman–Crippen LogP) is 3.65. The molecular weight excluding hydrogens is 352 g/mol. The number of carbonyl (C=O) groups is 1. The Labute approximate surface area is 152 Å². The topological polar surface area (TPSA) is 146 Å². The van der Waals surface area contributed by atoms with Gasteiger partial charge in [0.05, 0.1) is 16.3 Å². The lowest BCUT2D eigenvalue weighted by atomic mass is 10.1. The summed E-state index contributed by atoms with van der Waals surface area (Å²) < 4.78 is 0. The van der Waals surface area contributed by atoms with Gasteiger partial charge < -0.3 is 5.32 Å². The number of amides is 1. The molecule has 136 valence electrons. The Kier molecular flexibility index (Phi) is 4.88. The number of hydrogen-bond donors (Lipinski definition) is 3. The highest BCUT2D eigenvalue weighted by atomic mass is 16.6. The van der Waals surface area contributed by atoms with Crippen LogP contribution < -0.4 is 10.9 Å². The van der Waals surface area contributed by atoms with Crippen LogP contribution in [0.1, 0.15) is 6.92 Å². The molecule has 10 heteroatoms. The van der Waals surface area contributed by atoms with Crippen molar-refractivity contribution < 1.29 is 9.72 Å². The summed E-state index contributed by atoms with van der Waals surface area (Å²) in [6.45, 7) is 1.41. The number of hydrogen-bond acceptors (Lipinski definition) is 6. The van der Waals surface area contributed by atoms with Crippen molar-refractivity contribution in [3.63, 3.8) is 0 Å². The van der Waals surface area contributed by atoms with Crippen LogP contribution in [0.3, 0.4) is 0 Å². The number of aromatic amines is 2. The molecule has 0 bridgehead atoms. The Bertz CT molecular complexity index is 1060. The molecule has 0 saturated carbocycles. The second kappa shape index (κ2) is 7.44. The first-order chi connectivity index (χ1) is 12.9. The second-order valence-electron chi connectivity index (χ2n) is 5.53. The van der Waals surface area contributed by atoms with Crippen LogP contribution in [0.5, 0.6) is 0 Å². The van der Waals surface area contributed by atoms with Gasteiger partial charge in [0.25, 0.3) is 11.2 Å². The number of nitro groups is 1. The third-order valence-corrected chi connectivity index (χ3v) is 3.57. The van der Waals surface area contributed by atoms with Gasteiger partial charge in [-0.05, 0) is 36.4 Å². The van der Waals surface area contributed by atoms with E-state index in [2.05, 4.69) is 25.7 Å². The maximum Gasteiger partial charge on any atom is 0.292 e. The quantitative estimate of drug-likeness (QED) is 0.359. The van der Waals surface area contributed by atoms with E-state index >= 15 is 0 Å². The molecule has 1 amide bonds. The van der Waals surface area contributed by atoms with Crippen molar-refractivity contribution in [2.24, 2.45) is 10.2 Å². The third kappa shape index (κ3) is 4.12. The van der Waals surface area contributed by atoms with Gasteiger partial charge in [0.15, 0.2) is 5.69 Å². The number of H-pyrrole nitrogens is 2. The molecule has 3 aromatic rings. The van der Waals surface area contributed by atoms with Gasteiger partial charge in [0.1, 0.15) is 0 Å². The number of benzene rings is 2. The molecule has 27 heavy (non-hydrogen) atoms. The molecule has 0 fully saturated rings. The maximum absolute atomic E-state index is 12.0. The van der Waals surface area contributed by atoms with Crippen LogP contribution in [0.25, 0.3) is 11.3 Å². The van der Waals surface area contributed by atoms with Gasteiger partial charge in [-0.3, -0.25) is 29.9 Å². The Morgan fingerprint density at radius 2 is 1.70 bits per heavy atom. The summed E-state index contributed by atoms with van der Waals surface area (Å²) in [5.74, 6) is -0.184. The lowest BCUT2D eigenvalue weighted by molar-refractivity contribution is -0.384. The summed E-state index contributed by atoms with van der Waals surface area (Å²) in [5.41, 5.74) is 1.55. The van der Waals surface area contributed by atoms with Gasteiger partial charge in [-0.25, -0.2) is 0 Å². The van der Waals surface area contributed by atoms with Crippen molar-refractivity contribution in [2.75, 3.05) is 5.32 Å². The highest BCUT2D eigenvalue weighted by Crippen LogP contribution is 2.28. The number of nitrogens with one attached hydrogen (secondary N) is 3. The zero-order valence-electron chi connectivity index (χ0n) is 14.1. The van der Waals surface area contributed by atoms with Crippen LogP contribution >= 0.6 is 0 Å². The SMILES string of the molecule is CC(=O)Nc1ccc(N=Nc2c(-c3ccc([N+](=O)[O-])cc3)[nH][nH]c2=O)cc1. The van der Waals surface area contributed by atoms with E-state index in [9.17, 15) is 19.7 Å². The summed E-state index contributed by atoms with van der Waals surface area (Å²) >= 11 is 0. The molecule has 0 spiro atoms. The zero-order valence-corrected chi connectivity index (χ0v) is 14.1. The fourth-order valence-electron chi connectivity index (χ4n) is 2.33. The van der Waals surface area contributed by atoms with E-state index in [1.807, 2.05) is 0 Å². The van der Waals surface area contributed by atoms with E-state index in [0.29, 0.717) is 22.6 Å². The van der Waals surface area contributed by atoms with Crippen LogP contribution in [0, 0.1) is 10.1 Å². The van der Waals surface area contributed by atoms with Gasteiger partial charge in [-0.2, -0.15) is 5.11 Å². The van der Waals surface area contributed by atoms with Crippen molar-refractivity contribution >= 4 is 28.7 Å². The Morgan fingerprint density at radius 1 is 1.04 bits per heavy atom. The maximum atomic E-state index is 12.0. The predicted molar refractivity (Wildman–Crippen MR) is 98.4 cm³/mol. The lowest BCUT2D eigenvalue weighted by Crippen LogP contribution is -2.04. The normalized spacial score (nSPS) is 10.9. The number of rotatable bonds is 5. The number of nitro benzene ring substituents is 1. The minimum Gasteiger partial charge on any atom is -0.326 e. The molecule has 0 aliphatic rings. The molecule has 3 N–H and O–H groups in total. The van der Waals surface area contributed by atoms with Gasteiger partial charge in [0.2, 0.25) is 5.91 Å². The van der Waals surface area contributed by atoms with E-state index in [1.165, 1.54) is 31.2 Å². The molecule has 0 saturated heterocycles. The van der Waals surface area contributed by atoms with Crippen molar-refractivity contribution in [3.8, 4) is 11.3 Å². The molecule has 1 aromatic heterocycles. The minimum atomic E-state index is -0.505. The van der Waals surface area contributed by atoms with Crippen LogP contribution in [0.2, 0.25) is 0 Å². The van der Waals surface area contributed by atoms with E-state index in [1.54, 1.807) is 24.3 Å². The summed E-state index contributed by atoms with van der Waals surface area (Å²) in [4.78, 5) is 33.2. The Morgan fingerprint density at radius 3 is 2.30 bits per heavy atom. The molecule has 0 aliphatic heterocycles. The number of carbonyl (C=O) groups excluding carboxylic acids is 1. The Hall–Kier alpha value is -4.08. The molecule has 10 nitrogen and oxygen atoms in total. The minimum absolute atomic E-state index is 0.0507. The summed E-state index contributed by atoms with van der Waals surface area (Å²) in [7, 11) is 0. The fourth-order valence-corrected chi connectivity index (χ4v) is 2.33. The van der Waals surface area contributed by atoms with Crippen LogP contribution in [0.4, 0.5) is 22.7 Å². The first kappa shape index (κ1) is 17.7. The zero-order chi connectivity index (χ0) is 19.4. The second-order valence-corrected chi connectivity index (χ2v) is 5.53. The first-order valence-corrected chi connectivity index (χ1v) is 7.79. The average Bonchev–Trinajstić information content (AvgIpc) is 3.01. The molecule has 0 unspecified atom stereocenters. The average molecular weight is 366 g/mol. The molecule has 1 heterocycles. The molecular formula is C17H14N6O4. The summed E-state index contributed by atoms with van der Waals surface area (Å²) in [6.07, 6.45) is 0. The van der Waals surface area contributed by atoms with Crippen LogP contribution in [-0.4, -0.2) is 21.0 Å². The lowest BCUT2D eigenvalue weighted by Gasteiger charge is -2.01. The van der Waals surface area contributed by atoms with E-state index in [0.717, 1.165) is 0 Å². The van der Waals surface area contributed by atoms with Crippen molar-refractivity contribution in [1.82, 2.24) is 10.2 Å². The van der Waals surface area contributed by atoms with Gasteiger partial charge in [-0.1, -0.05) is 0 Å². The smallest absolute Gasteiger partial charge is 0.292 e. The first-order valence-electron chi connectivity index (χ1n) is 7.79. The number of nitrogens with zero attached hydrogens (tertiary/aromatic N) is 3. The number of anilines is 1.